The van der Waals surface area contributed by atoms with Gasteiger partial charge in [-0.25, -0.2) is 4.79 Å². The number of nitrogens with one attached hydrogen (secondary N) is 2. The van der Waals surface area contributed by atoms with Crippen molar-refractivity contribution in [2.75, 3.05) is 18.4 Å². The van der Waals surface area contributed by atoms with Gasteiger partial charge in [-0.2, -0.15) is 0 Å². The molecule has 1 aliphatic heterocycles. The summed E-state index contributed by atoms with van der Waals surface area (Å²) in [6.07, 6.45) is 6.99. The molecule has 0 aromatic heterocycles. The standard InChI is InChI=1S/C19H26ClN3O3/c20-14-6-7-17(24)16(12-14)22-18(25)13-8-10-23(11-9-13)19(26)21-15-4-2-1-3-5-15/h6-7,12-13,15,24H,1-5,8-11H2,(H,21,26)(H,22,25). The fraction of sp³-hybridized carbons (Fsp3) is 0.579. The van der Waals surface area contributed by atoms with Crippen molar-refractivity contribution >= 4 is 29.2 Å². The van der Waals surface area contributed by atoms with Crippen LogP contribution in [0, 0.1) is 5.92 Å². The van der Waals surface area contributed by atoms with Gasteiger partial charge in [-0.15, -0.1) is 0 Å². The Morgan fingerprint density at radius 3 is 2.46 bits per heavy atom. The van der Waals surface area contributed by atoms with Gasteiger partial charge in [0.15, 0.2) is 0 Å². The predicted octanol–water partition coefficient (Wildman–Crippen LogP) is 3.74. The molecule has 1 aromatic rings. The minimum Gasteiger partial charge on any atom is -0.506 e. The molecule has 6 nitrogen and oxygen atoms in total. The summed E-state index contributed by atoms with van der Waals surface area (Å²) < 4.78 is 0. The van der Waals surface area contributed by atoms with Crippen molar-refractivity contribution in [1.29, 1.82) is 0 Å². The van der Waals surface area contributed by atoms with E-state index in [1.165, 1.54) is 31.4 Å². The second-order valence-electron chi connectivity index (χ2n) is 7.20. The summed E-state index contributed by atoms with van der Waals surface area (Å²) in [5.74, 6) is -0.325. The molecule has 2 aliphatic rings. The number of phenols is 1. The molecule has 3 rings (SSSR count). The first-order valence-electron chi connectivity index (χ1n) is 9.38. The first kappa shape index (κ1) is 18.8. The number of hydrogen-bond donors (Lipinski definition) is 3. The van der Waals surface area contributed by atoms with E-state index in [-0.39, 0.29) is 23.6 Å². The summed E-state index contributed by atoms with van der Waals surface area (Å²) in [4.78, 5) is 26.6. The molecule has 0 unspecified atom stereocenters. The minimum atomic E-state index is -0.174. The number of benzene rings is 1. The fourth-order valence-electron chi connectivity index (χ4n) is 3.70. The highest BCUT2D eigenvalue weighted by molar-refractivity contribution is 6.31. The molecular weight excluding hydrogens is 354 g/mol. The Morgan fingerprint density at radius 2 is 1.77 bits per heavy atom. The van der Waals surface area contributed by atoms with E-state index in [9.17, 15) is 14.7 Å². The van der Waals surface area contributed by atoms with Crippen LogP contribution >= 0.6 is 11.6 Å². The molecule has 1 aliphatic carbocycles. The van der Waals surface area contributed by atoms with E-state index >= 15 is 0 Å². The Balaban J connectivity index is 1.47. The average molecular weight is 380 g/mol. The van der Waals surface area contributed by atoms with Crippen LogP contribution < -0.4 is 10.6 Å². The maximum Gasteiger partial charge on any atom is 0.317 e. The summed E-state index contributed by atoms with van der Waals surface area (Å²) in [5.41, 5.74) is 0.319. The fourth-order valence-corrected chi connectivity index (χ4v) is 3.87. The van der Waals surface area contributed by atoms with Crippen LogP contribution in [-0.2, 0) is 4.79 Å². The van der Waals surface area contributed by atoms with Gasteiger partial charge >= 0.3 is 6.03 Å². The van der Waals surface area contributed by atoms with Crippen molar-refractivity contribution in [1.82, 2.24) is 10.2 Å². The van der Waals surface area contributed by atoms with Crippen molar-refractivity contribution in [3.63, 3.8) is 0 Å². The summed E-state index contributed by atoms with van der Waals surface area (Å²) in [6, 6.07) is 4.83. The maximum atomic E-state index is 12.4. The number of carbonyl (C=O) groups is 2. The lowest BCUT2D eigenvalue weighted by atomic mass is 9.95. The quantitative estimate of drug-likeness (QED) is 0.700. The van der Waals surface area contributed by atoms with Crippen molar-refractivity contribution in [3.05, 3.63) is 23.2 Å². The first-order chi connectivity index (χ1) is 12.5. The van der Waals surface area contributed by atoms with Gasteiger partial charge in [0.25, 0.3) is 0 Å². The SMILES string of the molecule is O=C(Nc1cc(Cl)ccc1O)C1CCN(C(=O)NC2CCCCC2)CC1. The number of halogens is 1. The molecule has 0 spiro atoms. The number of hydrogen-bond acceptors (Lipinski definition) is 3. The van der Waals surface area contributed by atoms with E-state index in [0.29, 0.717) is 42.7 Å². The Hall–Kier alpha value is -1.95. The van der Waals surface area contributed by atoms with E-state index in [2.05, 4.69) is 10.6 Å². The smallest absolute Gasteiger partial charge is 0.317 e. The molecule has 2 fully saturated rings. The molecule has 26 heavy (non-hydrogen) atoms. The molecule has 3 N–H and O–H groups in total. The second-order valence-corrected chi connectivity index (χ2v) is 7.63. The van der Waals surface area contributed by atoms with Crippen LogP contribution in [0.4, 0.5) is 10.5 Å². The Bertz CT molecular complexity index is 653. The number of likely N-dealkylation sites (tertiary alicyclic amines) is 1. The van der Waals surface area contributed by atoms with Gasteiger partial charge in [0.05, 0.1) is 5.69 Å². The maximum absolute atomic E-state index is 12.4. The largest absolute Gasteiger partial charge is 0.506 e. The highest BCUT2D eigenvalue weighted by Gasteiger charge is 2.28. The number of rotatable bonds is 3. The molecule has 3 amide bonds. The molecule has 1 saturated heterocycles. The molecule has 1 saturated carbocycles. The van der Waals surface area contributed by atoms with Crippen LogP contribution in [0.15, 0.2) is 18.2 Å². The van der Waals surface area contributed by atoms with E-state index in [1.807, 2.05) is 0 Å². The molecule has 7 heteroatoms. The van der Waals surface area contributed by atoms with Crippen LogP contribution in [0.2, 0.25) is 5.02 Å². The Kier molecular flexibility index (Phi) is 6.25. The number of anilines is 1. The number of nitrogens with zero attached hydrogens (tertiary/aromatic N) is 1. The molecule has 1 heterocycles. The summed E-state index contributed by atoms with van der Waals surface area (Å²) in [7, 11) is 0. The van der Waals surface area contributed by atoms with Crippen molar-refractivity contribution < 1.29 is 14.7 Å². The molecule has 142 valence electrons. The molecule has 0 bridgehead atoms. The molecule has 0 atom stereocenters. The Labute approximate surface area is 158 Å². The van der Waals surface area contributed by atoms with Crippen LogP contribution in [0.5, 0.6) is 5.75 Å². The van der Waals surface area contributed by atoms with Crippen LogP contribution in [0.3, 0.4) is 0 Å². The topological polar surface area (TPSA) is 81.7 Å². The van der Waals surface area contributed by atoms with Gasteiger partial charge in [0.1, 0.15) is 5.75 Å². The summed E-state index contributed by atoms with van der Waals surface area (Å²) >= 11 is 5.91. The minimum absolute atomic E-state index is 0.00737. The molecular formula is C19H26ClN3O3. The highest BCUT2D eigenvalue weighted by atomic mass is 35.5. The van der Waals surface area contributed by atoms with Gasteiger partial charge in [-0.05, 0) is 43.9 Å². The predicted molar refractivity (Wildman–Crippen MR) is 101 cm³/mol. The third kappa shape index (κ3) is 4.81. The third-order valence-corrected chi connectivity index (χ3v) is 5.54. The van der Waals surface area contributed by atoms with Gasteiger partial charge in [-0.1, -0.05) is 30.9 Å². The number of aromatic hydroxyl groups is 1. The van der Waals surface area contributed by atoms with Crippen LogP contribution in [-0.4, -0.2) is 41.1 Å². The van der Waals surface area contributed by atoms with Gasteiger partial charge < -0.3 is 20.6 Å². The lowest BCUT2D eigenvalue weighted by molar-refractivity contribution is -0.121. The number of phenolic OH excluding ortho intramolecular Hbond substituents is 1. The lowest BCUT2D eigenvalue weighted by Gasteiger charge is -2.33. The summed E-state index contributed by atoms with van der Waals surface area (Å²) in [6.45, 7) is 1.14. The van der Waals surface area contributed by atoms with Gasteiger partial charge in [0, 0.05) is 30.1 Å². The molecule has 0 radical (unpaired) electrons. The van der Waals surface area contributed by atoms with Crippen molar-refractivity contribution in [2.24, 2.45) is 5.92 Å². The molecule has 1 aromatic carbocycles. The zero-order valence-electron chi connectivity index (χ0n) is 14.8. The van der Waals surface area contributed by atoms with E-state index < -0.39 is 0 Å². The zero-order chi connectivity index (χ0) is 18.5. The van der Waals surface area contributed by atoms with E-state index in [1.54, 1.807) is 11.0 Å². The van der Waals surface area contributed by atoms with Crippen LogP contribution in [0.1, 0.15) is 44.9 Å². The average Bonchev–Trinajstić information content (AvgIpc) is 2.65. The van der Waals surface area contributed by atoms with Gasteiger partial charge in [-0.3, -0.25) is 4.79 Å². The van der Waals surface area contributed by atoms with Crippen LogP contribution in [0.25, 0.3) is 0 Å². The van der Waals surface area contributed by atoms with Crippen molar-refractivity contribution in [3.8, 4) is 5.75 Å². The number of carbonyl (C=O) groups excluding carboxylic acids is 2. The van der Waals surface area contributed by atoms with E-state index in [4.69, 9.17) is 11.6 Å². The monoisotopic (exact) mass is 379 g/mol. The zero-order valence-corrected chi connectivity index (χ0v) is 15.6. The van der Waals surface area contributed by atoms with Crippen molar-refractivity contribution in [2.45, 2.75) is 51.0 Å². The highest BCUT2D eigenvalue weighted by Crippen LogP contribution is 2.28. The number of amides is 3. The van der Waals surface area contributed by atoms with E-state index in [0.717, 1.165) is 12.8 Å². The summed E-state index contributed by atoms with van der Waals surface area (Å²) in [5, 5.41) is 16.1. The normalized spacial score (nSPS) is 19.2. The second kappa shape index (κ2) is 8.62. The third-order valence-electron chi connectivity index (χ3n) is 5.30. The lowest BCUT2D eigenvalue weighted by Crippen LogP contribution is -2.49. The first-order valence-corrected chi connectivity index (χ1v) is 9.75. The van der Waals surface area contributed by atoms with Gasteiger partial charge in [0.2, 0.25) is 5.91 Å². The Morgan fingerprint density at radius 1 is 1.08 bits per heavy atom. The number of piperidine rings is 1. The number of urea groups is 1.